The Labute approximate surface area is 142 Å². The zero-order valence-electron chi connectivity index (χ0n) is 13.4. The molecule has 1 rings (SSSR count). The molecule has 1 heterocycles. The Balaban J connectivity index is 0.00000361. The second kappa shape index (κ2) is 11.6. The van der Waals surface area contributed by atoms with Gasteiger partial charge < -0.3 is 16.0 Å². The van der Waals surface area contributed by atoms with Crippen LogP contribution in [-0.4, -0.2) is 43.6 Å². The van der Waals surface area contributed by atoms with Gasteiger partial charge in [-0.3, -0.25) is 4.99 Å². The van der Waals surface area contributed by atoms with Crippen LogP contribution in [-0.2, 0) is 0 Å². The highest BCUT2D eigenvalue weighted by atomic mass is 127. The van der Waals surface area contributed by atoms with E-state index in [9.17, 15) is 0 Å². The minimum atomic E-state index is 0. The van der Waals surface area contributed by atoms with E-state index < -0.39 is 0 Å². The molecule has 0 aromatic heterocycles. The molecule has 0 saturated carbocycles. The van der Waals surface area contributed by atoms with E-state index in [4.69, 9.17) is 5.73 Å². The molecule has 1 aliphatic heterocycles. The monoisotopic (exact) mass is 396 g/mol. The number of guanidine groups is 1. The Morgan fingerprint density at radius 2 is 1.90 bits per heavy atom. The summed E-state index contributed by atoms with van der Waals surface area (Å²) in [5.41, 5.74) is 5.75. The van der Waals surface area contributed by atoms with E-state index in [1.807, 2.05) is 0 Å². The first kappa shape index (κ1) is 20.0. The quantitative estimate of drug-likeness (QED) is 0.301. The number of piperidine rings is 1. The highest BCUT2D eigenvalue weighted by molar-refractivity contribution is 14.0. The lowest BCUT2D eigenvalue weighted by molar-refractivity contribution is 0.139. The molecule has 5 heteroatoms. The molecular formula is C15H33IN4. The molecule has 2 unspecified atom stereocenters. The predicted molar refractivity (Wildman–Crippen MR) is 98.8 cm³/mol. The summed E-state index contributed by atoms with van der Waals surface area (Å²) in [6.45, 7) is 12.4. The van der Waals surface area contributed by atoms with E-state index in [-0.39, 0.29) is 24.0 Å². The largest absolute Gasteiger partial charge is 0.370 e. The molecule has 20 heavy (non-hydrogen) atoms. The first-order valence-corrected chi connectivity index (χ1v) is 7.88. The Bertz CT molecular complexity index is 261. The third kappa shape index (κ3) is 9.00. The summed E-state index contributed by atoms with van der Waals surface area (Å²) >= 11 is 0. The van der Waals surface area contributed by atoms with Gasteiger partial charge in [-0.25, -0.2) is 0 Å². The number of hydrogen-bond acceptors (Lipinski definition) is 2. The fourth-order valence-electron chi connectivity index (χ4n) is 2.94. The third-order valence-electron chi connectivity index (χ3n) is 3.66. The summed E-state index contributed by atoms with van der Waals surface area (Å²) in [7, 11) is 0. The molecule has 0 aromatic rings. The van der Waals surface area contributed by atoms with E-state index in [2.05, 4.69) is 36.0 Å². The van der Waals surface area contributed by atoms with Gasteiger partial charge in [0.25, 0.3) is 0 Å². The lowest BCUT2D eigenvalue weighted by atomic mass is 9.92. The van der Waals surface area contributed by atoms with Crippen LogP contribution in [0.4, 0.5) is 0 Å². The number of unbranched alkanes of at least 4 members (excludes halogenated alkanes) is 1. The molecule has 4 nitrogen and oxygen atoms in total. The minimum absolute atomic E-state index is 0. The van der Waals surface area contributed by atoms with Gasteiger partial charge in [-0.15, -0.1) is 24.0 Å². The lowest BCUT2D eigenvalue weighted by Gasteiger charge is -2.34. The molecule has 0 aliphatic carbocycles. The second-order valence-electron chi connectivity index (χ2n) is 6.11. The SMILES string of the molecule is CCCN=C(N)NCCCCN1CC(C)CC(C)C1.I. The molecule has 3 N–H and O–H groups in total. The maximum Gasteiger partial charge on any atom is 0.188 e. The molecule has 0 aromatic carbocycles. The minimum Gasteiger partial charge on any atom is -0.370 e. The second-order valence-corrected chi connectivity index (χ2v) is 6.11. The highest BCUT2D eigenvalue weighted by Crippen LogP contribution is 2.20. The number of likely N-dealkylation sites (tertiary alicyclic amines) is 1. The van der Waals surface area contributed by atoms with Crippen molar-refractivity contribution in [2.75, 3.05) is 32.7 Å². The van der Waals surface area contributed by atoms with E-state index >= 15 is 0 Å². The molecule has 2 atom stereocenters. The van der Waals surface area contributed by atoms with Crippen LogP contribution in [0.15, 0.2) is 4.99 Å². The molecule has 1 saturated heterocycles. The van der Waals surface area contributed by atoms with Crippen molar-refractivity contribution in [3.05, 3.63) is 0 Å². The number of nitrogens with one attached hydrogen (secondary N) is 1. The van der Waals surface area contributed by atoms with Crippen molar-refractivity contribution in [2.24, 2.45) is 22.6 Å². The average molecular weight is 396 g/mol. The Hall–Kier alpha value is -0.0400. The maximum atomic E-state index is 5.75. The van der Waals surface area contributed by atoms with Crippen molar-refractivity contribution in [3.63, 3.8) is 0 Å². The van der Waals surface area contributed by atoms with Crippen LogP contribution in [0.1, 0.15) is 46.5 Å². The average Bonchev–Trinajstić information content (AvgIpc) is 2.34. The standard InChI is InChI=1S/C15H32N4.HI/c1-4-7-17-15(16)18-8-5-6-9-19-11-13(2)10-14(3)12-19;/h13-14H,4-12H2,1-3H3,(H3,16,17,18);1H. The summed E-state index contributed by atoms with van der Waals surface area (Å²) in [5.74, 6) is 2.32. The molecule has 0 radical (unpaired) electrons. The third-order valence-corrected chi connectivity index (χ3v) is 3.66. The first-order valence-electron chi connectivity index (χ1n) is 7.88. The van der Waals surface area contributed by atoms with Gasteiger partial charge in [0.05, 0.1) is 0 Å². The number of halogens is 1. The Kier molecular flexibility index (Phi) is 11.6. The van der Waals surface area contributed by atoms with Crippen LogP contribution in [0.2, 0.25) is 0 Å². The Morgan fingerprint density at radius 1 is 1.25 bits per heavy atom. The topological polar surface area (TPSA) is 53.6 Å². The number of aliphatic imine (C=N–C) groups is 1. The van der Waals surface area contributed by atoms with Crippen molar-refractivity contribution >= 4 is 29.9 Å². The van der Waals surface area contributed by atoms with Crippen molar-refractivity contribution in [1.29, 1.82) is 0 Å². The summed E-state index contributed by atoms with van der Waals surface area (Å²) in [6.07, 6.45) is 4.85. The first-order chi connectivity index (χ1) is 9.11. The van der Waals surface area contributed by atoms with Crippen molar-refractivity contribution in [2.45, 2.75) is 46.5 Å². The van der Waals surface area contributed by atoms with Crippen LogP contribution in [0, 0.1) is 11.8 Å². The van der Waals surface area contributed by atoms with Gasteiger partial charge in [0, 0.05) is 26.2 Å². The smallest absolute Gasteiger partial charge is 0.188 e. The number of nitrogens with zero attached hydrogens (tertiary/aromatic N) is 2. The predicted octanol–water partition coefficient (Wildman–Crippen LogP) is 2.68. The zero-order valence-corrected chi connectivity index (χ0v) is 15.7. The summed E-state index contributed by atoms with van der Waals surface area (Å²) in [5, 5.41) is 3.18. The summed E-state index contributed by atoms with van der Waals surface area (Å²) in [4.78, 5) is 6.84. The van der Waals surface area contributed by atoms with E-state index in [1.54, 1.807) is 0 Å². The van der Waals surface area contributed by atoms with Gasteiger partial charge in [0.15, 0.2) is 5.96 Å². The molecule has 0 bridgehead atoms. The van der Waals surface area contributed by atoms with Gasteiger partial charge in [-0.05, 0) is 44.1 Å². The fourth-order valence-corrected chi connectivity index (χ4v) is 2.94. The van der Waals surface area contributed by atoms with Crippen LogP contribution >= 0.6 is 24.0 Å². The molecule has 0 amide bonds. The lowest BCUT2D eigenvalue weighted by Crippen LogP contribution is -2.39. The van der Waals surface area contributed by atoms with Gasteiger partial charge in [0.1, 0.15) is 0 Å². The molecule has 1 fully saturated rings. The number of nitrogens with two attached hydrogens (primary N) is 1. The van der Waals surface area contributed by atoms with E-state index in [0.29, 0.717) is 5.96 Å². The van der Waals surface area contributed by atoms with Gasteiger partial charge in [-0.2, -0.15) is 0 Å². The van der Waals surface area contributed by atoms with E-state index in [0.717, 1.165) is 31.3 Å². The molecule has 1 aliphatic rings. The van der Waals surface area contributed by atoms with Crippen LogP contribution in [0.25, 0.3) is 0 Å². The molecule has 120 valence electrons. The van der Waals surface area contributed by atoms with Gasteiger partial charge in [-0.1, -0.05) is 20.8 Å². The molecular weight excluding hydrogens is 363 g/mol. The summed E-state index contributed by atoms with van der Waals surface area (Å²) < 4.78 is 0. The summed E-state index contributed by atoms with van der Waals surface area (Å²) in [6, 6.07) is 0. The van der Waals surface area contributed by atoms with Crippen molar-refractivity contribution in [3.8, 4) is 0 Å². The van der Waals surface area contributed by atoms with Crippen LogP contribution < -0.4 is 11.1 Å². The maximum absolute atomic E-state index is 5.75. The Morgan fingerprint density at radius 3 is 2.50 bits per heavy atom. The van der Waals surface area contributed by atoms with Crippen molar-refractivity contribution in [1.82, 2.24) is 10.2 Å². The fraction of sp³-hybridized carbons (Fsp3) is 0.933. The van der Waals surface area contributed by atoms with Crippen molar-refractivity contribution < 1.29 is 0 Å². The number of hydrogen-bond donors (Lipinski definition) is 2. The van der Waals surface area contributed by atoms with Gasteiger partial charge >= 0.3 is 0 Å². The van der Waals surface area contributed by atoms with E-state index in [1.165, 1.54) is 38.9 Å². The number of rotatable bonds is 7. The normalized spacial score (nSPS) is 24.2. The van der Waals surface area contributed by atoms with Gasteiger partial charge in [0.2, 0.25) is 0 Å². The highest BCUT2D eigenvalue weighted by Gasteiger charge is 2.20. The zero-order chi connectivity index (χ0) is 14.1. The molecule has 0 spiro atoms. The van der Waals surface area contributed by atoms with Crippen LogP contribution in [0.5, 0.6) is 0 Å². The van der Waals surface area contributed by atoms with Crippen LogP contribution in [0.3, 0.4) is 0 Å².